The number of anilines is 1. The lowest BCUT2D eigenvalue weighted by molar-refractivity contribution is -0.112. The lowest BCUT2D eigenvalue weighted by Crippen LogP contribution is -2.15. The summed E-state index contributed by atoms with van der Waals surface area (Å²) in [5.41, 5.74) is 6.01. The maximum Gasteiger partial charge on any atom is 0.255 e. The topological polar surface area (TPSA) is 54.0 Å². The number of allylic oxidation sites excluding steroid dienone is 2. The van der Waals surface area contributed by atoms with E-state index in [0.717, 1.165) is 51.6 Å². The normalized spacial score (nSPS) is 11.7. The van der Waals surface area contributed by atoms with Crippen LogP contribution in [-0.2, 0) is 11.2 Å². The SMILES string of the molecule is C=C(Sc1ncc(CC)cc1C)c1ccccc1NC(=O)C1=CCCC(C)=C1.CC.CC.CCCNCCC. The van der Waals surface area contributed by atoms with Gasteiger partial charge in [-0.15, -0.1) is 0 Å². The van der Waals surface area contributed by atoms with Gasteiger partial charge in [0.2, 0.25) is 0 Å². The van der Waals surface area contributed by atoms with Gasteiger partial charge in [0.15, 0.2) is 0 Å². The Balaban J connectivity index is 0.00000113. The van der Waals surface area contributed by atoms with Crippen LogP contribution < -0.4 is 10.6 Å². The first-order valence-electron chi connectivity index (χ1n) is 14.7. The number of hydrogen-bond acceptors (Lipinski definition) is 4. The third-order valence-electron chi connectivity index (χ3n) is 5.61. The Kier molecular flexibility index (Phi) is 20.7. The van der Waals surface area contributed by atoms with E-state index >= 15 is 0 Å². The van der Waals surface area contributed by atoms with Gasteiger partial charge in [-0.1, -0.05) is 109 Å². The van der Waals surface area contributed by atoms with Crippen molar-refractivity contribution in [2.45, 2.75) is 99.4 Å². The Bertz CT molecular complexity index is 1050. The van der Waals surface area contributed by atoms with Gasteiger partial charge in [-0.2, -0.15) is 0 Å². The highest BCUT2D eigenvalue weighted by Crippen LogP contribution is 2.37. The first kappa shape index (κ1) is 36.4. The molecule has 1 aliphatic rings. The molecule has 1 heterocycles. The third kappa shape index (κ3) is 13.8. The molecule has 0 aliphatic heterocycles. The Morgan fingerprint density at radius 3 is 2.23 bits per heavy atom. The Morgan fingerprint density at radius 1 is 1.03 bits per heavy atom. The van der Waals surface area contributed by atoms with E-state index in [9.17, 15) is 4.79 Å². The quantitative estimate of drug-likeness (QED) is 0.228. The highest BCUT2D eigenvalue weighted by Gasteiger charge is 2.15. The van der Waals surface area contributed by atoms with Crippen molar-refractivity contribution in [3.05, 3.63) is 83.1 Å². The number of carbonyl (C=O) groups is 1. The summed E-state index contributed by atoms with van der Waals surface area (Å²) in [7, 11) is 0. The minimum atomic E-state index is -0.0779. The minimum absolute atomic E-state index is 0.0779. The van der Waals surface area contributed by atoms with Gasteiger partial charge >= 0.3 is 0 Å². The van der Waals surface area contributed by atoms with Gasteiger partial charge in [0, 0.05) is 27.9 Å². The number of amides is 1. The predicted octanol–water partition coefficient (Wildman–Crippen LogP) is 9.77. The molecule has 0 atom stereocenters. The number of pyridine rings is 1. The van der Waals surface area contributed by atoms with E-state index in [-0.39, 0.29) is 5.91 Å². The molecule has 0 saturated carbocycles. The molecular weight excluding hydrogens is 498 g/mol. The smallest absolute Gasteiger partial charge is 0.255 e. The maximum absolute atomic E-state index is 12.7. The van der Waals surface area contributed by atoms with Crippen molar-refractivity contribution >= 4 is 28.3 Å². The first-order valence-corrected chi connectivity index (χ1v) is 15.5. The average molecular weight is 552 g/mol. The van der Waals surface area contributed by atoms with Crippen molar-refractivity contribution < 1.29 is 4.79 Å². The number of aryl methyl sites for hydroxylation is 2. The molecule has 216 valence electrons. The van der Waals surface area contributed by atoms with Crippen LogP contribution in [0.4, 0.5) is 5.69 Å². The molecular formula is C34H53N3OS. The molecule has 2 aromatic rings. The molecule has 1 aromatic heterocycles. The van der Waals surface area contributed by atoms with Crippen LogP contribution >= 0.6 is 11.8 Å². The number of benzene rings is 1. The largest absolute Gasteiger partial charge is 0.321 e. The average Bonchev–Trinajstić information content (AvgIpc) is 2.97. The van der Waals surface area contributed by atoms with E-state index in [4.69, 9.17) is 0 Å². The zero-order valence-corrected chi connectivity index (χ0v) is 26.9. The monoisotopic (exact) mass is 551 g/mol. The van der Waals surface area contributed by atoms with Crippen LogP contribution in [0.5, 0.6) is 0 Å². The molecule has 0 saturated heterocycles. The summed E-state index contributed by atoms with van der Waals surface area (Å²) < 4.78 is 0. The van der Waals surface area contributed by atoms with Crippen molar-refractivity contribution in [3.8, 4) is 0 Å². The molecule has 0 unspecified atom stereocenters. The van der Waals surface area contributed by atoms with E-state index < -0.39 is 0 Å². The van der Waals surface area contributed by atoms with E-state index in [1.54, 1.807) is 0 Å². The van der Waals surface area contributed by atoms with Crippen molar-refractivity contribution in [1.29, 1.82) is 0 Å². The Morgan fingerprint density at radius 2 is 1.67 bits per heavy atom. The van der Waals surface area contributed by atoms with E-state index in [2.05, 4.69) is 62.9 Å². The summed E-state index contributed by atoms with van der Waals surface area (Å²) >= 11 is 1.54. The van der Waals surface area contributed by atoms with E-state index in [1.807, 2.05) is 70.3 Å². The molecule has 1 aromatic carbocycles. The van der Waals surface area contributed by atoms with Gasteiger partial charge in [0.05, 0.1) is 0 Å². The number of carbonyl (C=O) groups excluding carboxylic acids is 1. The summed E-state index contributed by atoms with van der Waals surface area (Å²) in [4.78, 5) is 18.1. The second-order valence-corrected chi connectivity index (χ2v) is 9.87. The molecule has 2 N–H and O–H groups in total. The number of nitrogens with zero attached hydrogens (tertiary/aromatic N) is 1. The van der Waals surface area contributed by atoms with Gasteiger partial charge < -0.3 is 10.6 Å². The molecule has 3 rings (SSSR count). The summed E-state index contributed by atoms with van der Waals surface area (Å²) in [6.45, 7) is 25.2. The summed E-state index contributed by atoms with van der Waals surface area (Å²) in [6.07, 6.45) is 11.3. The summed E-state index contributed by atoms with van der Waals surface area (Å²) in [6, 6.07) is 9.95. The van der Waals surface area contributed by atoms with Crippen LogP contribution in [0.1, 0.15) is 97.8 Å². The molecule has 1 amide bonds. The zero-order valence-electron chi connectivity index (χ0n) is 26.0. The molecule has 0 fully saturated rings. The Hall–Kier alpha value is -2.63. The number of aromatic nitrogens is 1. The van der Waals surface area contributed by atoms with Crippen LogP contribution in [-0.4, -0.2) is 24.0 Å². The number of hydrogen-bond donors (Lipinski definition) is 2. The van der Waals surface area contributed by atoms with E-state index in [0.29, 0.717) is 0 Å². The van der Waals surface area contributed by atoms with Gasteiger partial charge in [0.25, 0.3) is 5.91 Å². The number of para-hydroxylation sites is 1. The van der Waals surface area contributed by atoms with Gasteiger partial charge in [-0.05, 0) is 76.2 Å². The van der Waals surface area contributed by atoms with Crippen molar-refractivity contribution in [3.63, 3.8) is 0 Å². The lowest BCUT2D eigenvalue weighted by Gasteiger charge is -2.15. The number of thioether (sulfide) groups is 1. The molecule has 0 bridgehead atoms. The highest BCUT2D eigenvalue weighted by molar-refractivity contribution is 8.08. The molecule has 5 heteroatoms. The van der Waals surface area contributed by atoms with Crippen molar-refractivity contribution in [2.24, 2.45) is 0 Å². The Labute approximate surface area is 243 Å². The maximum atomic E-state index is 12.7. The predicted molar refractivity (Wildman–Crippen MR) is 176 cm³/mol. The van der Waals surface area contributed by atoms with Crippen LogP contribution in [0, 0.1) is 6.92 Å². The minimum Gasteiger partial charge on any atom is -0.321 e. The zero-order chi connectivity index (χ0) is 29.6. The van der Waals surface area contributed by atoms with Gasteiger partial charge in [-0.25, -0.2) is 4.98 Å². The number of rotatable bonds is 10. The van der Waals surface area contributed by atoms with Crippen LogP contribution in [0.3, 0.4) is 0 Å². The van der Waals surface area contributed by atoms with Crippen molar-refractivity contribution in [1.82, 2.24) is 10.3 Å². The standard InChI is InChI=1S/C24H26N2OS.C6H15N.2C2H6/c1-5-19-14-17(3)24(25-15-19)28-18(4)21-11-6-7-12-22(21)26-23(27)20-10-8-9-16(2)13-20;1-3-5-7-6-4-2;2*1-2/h6-7,10-15H,4-5,8-9H2,1-3H3,(H,26,27);7H,3-6H2,1-2H3;2*1-2H3. The third-order valence-corrected chi connectivity index (χ3v) is 6.70. The fourth-order valence-corrected chi connectivity index (χ4v) is 4.46. The molecule has 4 nitrogen and oxygen atoms in total. The first-order chi connectivity index (χ1) is 18.9. The molecule has 0 radical (unpaired) electrons. The summed E-state index contributed by atoms with van der Waals surface area (Å²) in [5, 5.41) is 7.28. The molecule has 1 aliphatic carbocycles. The molecule has 0 spiro atoms. The molecule has 39 heavy (non-hydrogen) atoms. The summed E-state index contributed by atoms with van der Waals surface area (Å²) in [5.74, 6) is -0.0779. The fraction of sp³-hybridized carbons (Fsp3) is 0.471. The second-order valence-electron chi connectivity index (χ2n) is 8.78. The number of nitrogens with one attached hydrogen (secondary N) is 2. The van der Waals surface area contributed by atoms with Crippen LogP contribution in [0.2, 0.25) is 0 Å². The van der Waals surface area contributed by atoms with Gasteiger partial charge in [-0.3, -0.25) is 4.79 Å². The second kappa shape index (κ2) is 22.2. The van der Waals surface area contributed by atoms with Crippen molar-refractivity contribution in [2.75, 3.05) is 18.4 Å². The van der Waals surface area contributed by atoms with Crippen LogP contribution in [0.15, 0.2) is 71.4 Å². The fourth-order valence-electron chi connectivity index (χ4n) is 3.61. The van der Waals surface area contributed by atoms with Crippen LogP contribution in [0.25, 0.3) is 4.91 Å². The van der Waals surface area contributed by atoms with E-state index in [1.165, 1.54) is 48.8 Å². The lowest BCUT2D eigenvalue weighted by atomic mass is 10.00. The van der Waals surface area contributed by atoms with Gasteiger partial charge in [0.1, 0.15) is 5.03 Å². The highest BCUT2D eigenvalue weighted by atomic mass is 32.2.